The van der Waals surface area contributed by atoms with Crippen LogP contribution in [-0.4, -0.2) is 41.5 Å². The van der Waals surface area contributed by atoms with E-state index in [1.54, 1.807) is 10.9 Å². The van der Waals surface area contributed by atoms with Gasteiger partial charge >= 0.3 is 0 Å². The number of likely N-dealkylation sites (N-methyl/N-ethyl adjacent to an activating group) is 1. The molecule has 0 aliphatic carbocycles. The Hall–Kier alpha value is -2.31. The van der Waals surface area contributed by atoms with Crippen LogP contribution in [0.3, 0.4) is 0 Å². The first-order chi connectivity index (χ1) is 14.6. The van der Waals surface area contributed by atoms with Crippen LogP contribution in [0.4, 0.5) is 10.1 Å². The van der Waals surface area contributed by atoms with E-state index in [-0.39, 0.29) is 17.1 Å². The molecule has 2 atom stereocenters. The maximum Gasteiger partial charge on any atom is 0.280 e. The predicted molar refractivity (Wildman–Crippen MR) is 118 cm³/mol. The van der Waals surface area contributed by atoms with Gasteiger partial charge in [-0.2, -0.15) is 22.5 Å². The molecule has 3 heterocycles. The summed E-state index contributed by atoms with van der Waals surface area (Å²) in [6.45, 7) is 0. The highest BCUT2D eigenvalue weighted by Crippen LogP contribution is 2.36. The first kappa shape index (κ1) is 21.9. The lowest BCUT2D eigenvalue weighted by molar-refractivity contribution is -0.120. The number of halogens is 2. The number of aryl methyl sites for hydroxylation is 1. The first-order valence-corrected chi connectivity index (χ1v) is 11.9. The van der Waals surface area contributed by atoms with Gasteiger partial charge in [0.2, 0.25) is 5.91 Å². The van der Waals surface area contributed by atoms with Crippen molar-refractivity contribution in [2.45, 2.75) is 18.5 Å². The molecule has 0 saturated carbocycles. The van der Waals surface area contributed by atoms with Crippen molar-refractivity contribution in [2.24, 2.45) is 7.05 Å². The van der Waals surface area contributed by atoms with Gasteiger partial charge in [-0.05, 0) is 36.8 Å². The quantitative estimate of drug-likeness (QED) is 0.595. The molecule has 164 valence electrons. The lowest BCUT2D eigenvalue weighted by Crippen LogP contribution is -2.55. The molecule has 1 amide bonds. The summed E-state index contributed by atoms with van der Waals surface area (Å²) in [4.78, 5) is 14.6. The highest BCUT2D eigenvalue weighted by atomic mass is 35.5. The molecule has 4 rings (SSSR count). The van der Waals surface area contributed by atoms with E-state index >= 15 is 0 Å². The average molecular weight is 484 g/mol. The molecule has 0 unspecified atom stereocenters. The minimum Gasteiger partial charge on any atom is -0.325 e. The normalized spacial score (nSPS) is 21.2. The molecule has 1 fully saturated rings. The smallest absolute Gasteiger partial charge is 0.280 e. The monoisotopic (exact) mass is 483 g/mol. The van der Waals surface area contributed by atoms with Crippen molar-refractivity contribution in [2.75, 3.05) is 12.4 Å². The number of carbonyl (C=O) groups excluding carboxylic acids is 1. The number of nitrogens with one attached hydrogen (secondary N) is 2. The summed E-state index contributed by atoms with van der Waals surface area (Å²) in [7, 11) is -0.721. The summed E-state index contributed by atoms with van der Waals surface area (Å²) >= 11 is 7.21. The number of benzene rings is 1. The van der Waals surface area contributed by atoms with E-state index in [0.717, 1.165) is 25.7 Å². The number of hydrogen-bond donors (Lipinski definition) is 2. The Morgan fingerprint density at radius 1 is 1.32 bits per heavy atom. The molecule has 1 aliphatic rings. The fraction of sp³-hybridized carbons (Fsp3) is 0.263. The summed E-state index contributed by atoms with van der Waals surface area (Å²) in [6.07, 6.45) is 3.83. The van der Waals surface area contributed by atoms with Crippen molar-refractivity contribution in [1.82, 2.24) is 18.8 Å². The predicted octanol–water partition coefficient (Wildman–Crippen LogP) is 3.16. The molecule has 3 aromatic rings. The Kier molecular flexibility index (Phi) is 5.88. The van der Waals surface area contributed by atoms with Crippen LogP contribution in [-0.2, 0) is 22.1 Å². The summed E-state index contributed by atoms with van der Waals surface area (Å²) in [5.41, 5.74) is 1.21. The zero-order chi connectivity index (χ0) is 22.3. The number of aromatic nitrogens is 2. The minimum atomic E-state index is -3.88. The molecule has 1 aliphatic heterocycles. The largest absolute Gasteiger partial charge is 0.325 e. The molecule has 12 heteroatoms. The Labute approximate surface area is 187 Å². The van der Waals surface area contributed by atoms with Crippen molar-refractivity contribution >= 4 is 44.7 Å². The highest BCUT2D eigenvalue weighted by Gasteiger charge is 2.41. The molecule has 31 heavy (non-hydrogen) atoms. The molecule has 1 aromatic carbocycles. The summed E-state index contributed by atoms with van der Waals surface area (Å²) in [6, 6.07) is 6.01. The Morgan fingerprint density at radius 2 is 2.10 bits per heavy atom. The highest BCUT2D eigenvalue weighted by molar-refractivity contribution is 7.87. The number of amides is 1. The molecular formula is C19H19ClFN5O3S2. The zero-order valence-electron chi connectivity index (χ0n) is 16.5. The third-order valence-corrected chi connectivity index (χ3v) is 8.15. The van der Waals surface area contributed by atoms with E-state index in [1.165, 1.54) is 30.5 Å². The standard InChI is InChI=1S/C19H19ClFN5O3S2/c1-25-10-11(9-22-25)17-5-6-18(30-17)15-8-16(26(2)31(28,29)24-15)19(27)23-12-3-4-14(21)13(20)7-12/h3-7,9-10,15-16,24H,8H2,1-2H3,(H,23,27)/t15-,16+/m1/s1. The van der Waals surface area contributed by atoms with Crippen molar-refractivity contribution in [3.8, 4) is 10.4 Å². The van der Waals surface area contributed by atoms with Gasteiger partial charge < -0.3 is 5.32 Å². The molecule has 0 radical (unpaired) electrons. The lowest BCUT2D eigenvalue weighted by atomic mass is 10.1. The first-order valence-electron chi connectivity index (χ1n) is 9.24. The molecule has 8 nitrogen and oxygen atoms in total. The minimum absolute atomic E-state index is 0.136. The number of hydrogen-bond acceptors (Lipinski definition) is 5. The van der Waals surface area contributed by atoms with Crippen LogP contribution in [0.2, 0.25) is 5.02 Å². The summed E-state index contributed by atoms with van der Waals surface area (Å²) in [5.74, 6) is -1.13. The van der Waals surface area contributed by atoms with Crippen LogP contribution in [0, 0.1) is 5.82 Å². The van der Waals surface area contributed by atoms with Crippen molar-refractivity contribution in [1.29, 1.82) is 0 Å². The van der Waals surface area contributed by atoms with Gasteiger partial charge in [0.25, 0.3) is 10.2 Å². The van der Waals surface area contributed by atoms with Crippen molar-refractivity contribution in [3.63, 3.8) is 0 Å². The molecule has 2 N–H and O–H groups in total. The Morgan fingerprint density at radius 3 is 2.77 bits per heavy atom. The fourth-order valence-corrected chi connectivity index (χ4v) is 5.91. The molecule has 2 aromatic heterocycles. The second-order valence-electron chi connectivity index (χ2n) is 7.17. The summed E-state index contributed by atoms with van der Waals surface area (Å²) in [5, 5.41) is 6.64. The van der Waals surface area contributed by atoms with E-state index in [9.17, 15) is 17.6 Å². The SMILES string of the molecule is CN1[C@H](C(=O)Nc2ccc(F)c(Cl)c2)C[C@H](c2ccc(-c3cnn(C)c3)s2)NS1(=O)=O. The van der Waals surface area contributed by atoms with E-state index in [0.29, 0.717) is 0 Å². The van der Waals surface area contributed by atoms with Crippen LogP contribution in [0.25, 0.3) is 10.4 Å². The molecule has 1 saturated heterocycles. The summed E-state index contributed by atoms with van der Waals surface area (Å²) < 4.78 is 44.0. The fourth-order valence-electron chi connectivity index (χ4n) is 3.34. The number of anilines is 1. The number of carbonyl (C=O) groups is 1. The third kappa shape index (κ3) is 4.51. The third-order valence-electron chi connectivity index (χ3n) is 5.02. The van der Waals surface area contributed by atoms with E-state index in [4.69, 9.17) is 11.6 Å². The van der Waals surface area contributed by atoms with E-state index in [2.05, 4.69) is 15.1 Å². The second kappa shape index (κ2) is 8.32. The van der Waals surface area contributed by atoms with Crippen LogP contribution in [0.1, 0.15) is 17.3 Å². The zero-order valence-corrected chi connectivity index (χ0v) is 18.9. The Bertz CT molecular complexity index is 1240. The van der Waals surface area contributed by atoms with Gasteiger partial charge in [0, 0.05) is 41.3 Å². The van der Waals surface area contributed by atoms with Crippen LogP contribution < -0.4 is 10.0 Å². The van der Waals surface area contributed by atoms with Crippen LogP contribution in [0.5, 0.6) is 0 Å². The molecule has 0 spiro atoms. The van der Waals surface area contributed by atoms with Gasteiger partial charge in [-0.1, -0.05) is 11.6 Å². The van der Waals surface area contributed by atoms with Gasteiger partial charge in [0.15, 0.2) is 0 Å². The van der Waals surface area contributed by atoms with Crippen molar-refractivity contribution in [3.05, 3.63) is 58.4 Å². The maximum absolute atomic E-state index is 13.4. The van der Waals surface area contributed by atoms with Gasteiger partial charge in [0.05, 0.1) is 17.3 Å². The average Bonchev–Trinajstić information content (AvgIpc) is 3.35. The van der Waals surface area contributed by atoms with Gasteiger partial charge in [-0.15, -0.1) is 11.3 Å². The van der Waals surface area contributed by atoms with Gasteiger partial charge in [0.1, 0.15) is 11.9 Å². The Balaban J connectivity index is 1.57. The van der Waals surface area contributed by atoms with E-state index in [1.807, 2.05) is 25.4 Å². The van der Waals surface area contributed by atoms with Gasteiger partial charge in [-0.3, -0.25) is 9.48 Å². The molecular weight excluding hydrogens is 465 g/mol. The van der Waals surface area contributed by atoms with Crippen LogP contribution >= 0.6 is 22.9 Å². The van der Waals surface area contributed by atoms with Gasteiger partial charge in [-0.25, -0.2) is 4.39 Å². The lowest BCUT2D eigenvalue weighted by Gasteiger charge is -2.35. The van der Waals surface area contributed by atoms with E-state index < -0.39 is 34.0 Å². The van der Waals surface area contributed by atoms with Crippen molar-refractivity contribution < 1.29 is 17.6 Å². The second-order valence-corrected chi connectivity index (χ2v) is 10.5. The topological polar surface area (TPSA) is 96.3 Å². The van der Waals surface area contributed by atoms with Crippen LogP contribution in [0.15, 0.2) is 42.7 Å². The molecule has 0 bridgehead atoms. The number of thiophene rings is 1. The number of rotatable bonds is 4. The number of nitrogens with zero attached hydrogens (tertiary/aromatic N) is 3. The maximum atomic E-state index is 13.4.